The van der Waals surface area contributed by atoms with E-state index < -0.39 is 0 Å². The summed E-state index contributed by atoms with van der Waals surface area (Å²) in [6, 6.07) is 10.3. The Bertz CT molecular complexity index is 459. The summed E-state index contributed by atoms with van der Waals surface area (Å²) in [6.07, 6.45) is 2.28. The summed E-state index contributed by atoms with van der Waals surface area (Å²) in [5, 5.41) is 10.9. The second kappa shape index (κ2) is 3.42. The molecule has 3 rings (SSSR count). The molecular formula is C12H13N3. The van der Waals surface area contributed by atoms with E-state index in [1.807, 2.05) is 18.2 Å². The lowest BCUT2D eigenvalue weighted by atomic mass is 10.1. The summed E-state index contributed by atoms with van der Waals surface area (Å²) in [5.41, 5.74) is 4.64. The van der Waals surface area contributed by atoms with Crippen molar-refractivity contribution in [2.24, 2.45) is 0 Å². The molecule has 3 nitrogen and oxygen atoms in total. The number of nitrogens with zero attached hydrogens (tertiary/aromatic N) is 1. The van der Waals surface area contributed by atoms with Crippen molar-refractivity contribution in [1.29, 1.82) is 0 Å². The van der Waals surface area contributed by atoms with Crippen LogP contribution in [0.25, 0.3) is 11.3 Å². The van der Waals surface area contributed by atoms with Gasteiger partial charge in [0, 0.05) is 12.1 Å². The Labute approximate surface area is 88.5 Å². The van der Waals surface area contributed by atoms with Crippen molar-refractivity contribution in [1.82, 2.24) is 10.2 Å². The Morgan fingerprint density at radius 1 is 1.13 bits per heavy atom. The molecule has 0 atom stereocenters. The minimum Gasteiger partial charge on any atom is -0.382 e. The van der Waals surface area contributed by atoms with Gasteiger partial charge in [-0.3, -0.25) is 5.10 Å². The van der Waals surface area contributed by atoms with E-state index in [1.165, 1.54) is 23.4 Å². The van der Waals surface area contributed by atoms with Gasteiger partial charge in [0.15, 0.2) is 0 Å². The third kappa shape index (κ3) is 1.40. The molecule has 1 aromatic carbocycles. The zero-order valence-corrected chi connectivity index (χ0v) is 8.46. The van der Waals surface area contributed by atoms with E-state index in [0.29, 0.717) is 0 Å². The zero-order valence-electron chi connectivity index (χ0n) is 8.46. The van der Waals surface area contributed by atoms with Gasteiger partial charge in [-0.05, 0) is 12.8 Å². The predicted octanol–water partition coefficient (Wildman–Crippen LogP) is 2.43. The number of rotatable bonds is 1. The van der Waals surface area contributed by atoms with Crippen molar-refractivity contribution in [2.45, 2.75) is 12.8 Å². The van der Waals surface area contributed by atoms with Crippen LogP contribution in [0.3, 0.4) is 0 Å². The predicted molar refractivity (Wildman–Crippen MR) is 60.8 cm³/mol. The third-order valence-corrected chi connectivity index (χ3v) is 2.79. The Kier molecular flexibility index (Phi) is 1.95. The molecule has 2 heterocycles. The van der Waals surface area contributed by atoms with Crippen molar-refractivity contribution in [3.63, 3.8) is 0 Å². The van der Waals surface area contributed by atoms with Crippen molar-refractivity contribution < 1.29 is 0 Å². The molecule has 2 N–H and O–H groups in total. The van der Waals surface area contributed by atoms with Gasteiger partial charge in [0.25, 0.3) is 0 Å². The Morgan fingerprint density at radius 3 is 2.87 bits per heavy atom. The van der Waals surface area contributed by atoms with Crippen molar-refractivity contribution in [3.05, 3.63) is 36.0 Å². The second-order valence-electron chi connectivity index (χ2n) is 3.82. The lowest BCUT2D eigenvalue weighted by molar-refractivity contribution is 0.801. The van der Waals surface area contributed by atoms with E-state index in [0.717, 1.165) is 18.7 Å². The first-order chi connectivity index (χ1) is 7.45. The molecule has 0 bridgehead atoms. The highest BCUT2D eigenvalue weighted by atomic mass is 15.2. The van der Waals surface area contributed by atoms with Crippen LogP contribution in [0.5, 0.6) is 0 Å². The van der Waals surface area contributed by atoms with Crippen molar-refractivity contribution in [3.8, 4) is 11.3 Å². The van der Waals surface area contributed by atoms with Gasteiger partial charge in [-0.15, -0.1) is 0 Å². The van der Waals surface area contributed by atoms with Crippen LogP contribution in [0.1, 0.15) is 12.1 Å². The van der Waals surface area contributed by atoms with Crippen LogP contribution in [0.4, 0.5) is 5.69 Å². The number of hydrogen-bond donors (Lipinski definition) is 2. The number of fused-ring (bicyclic) bond motifs is 1. The fourth-order valence-electron chi connectivity index (χ4n) is 2.03. The molecule has 76 valence electrons. The molecule has 1 aliphatic rings. The summed E-state index contributed by atoms with van der Waals surface area (Å²) in [7, 11) is 0. The maximum Gasteiger partial charge on any atom is 0.115 e. The lowest BCUT2D eigenvalue weighted by Crippen LogP contribution is -2.10. The molecule has 0 radical (unpaired) electrons. The van der Waals surface area contributed by atoms with Crippen LogP contribution < -0.4 is 5.32 Å². The summed E-state index contributed by atoms with van der Waals surface area (Å²) in [6.45, 7) is 1.05. The first kappa shape index (κ1) is 8.53. The molecule has 0 saturated carbocycles. The number of nitrogens with one attached hydrogen (secondary N) is 2. The minimum absolute atomic E-state index is 1.05. The standard InChI is InChI=1S/C12H13N3/c1-2-5-9(6-3-1)11-12-10(14-15-11)7-4-8-13-12/h1-3,5-6,13H,4,7-8H2,(H,14,15). The van der Waals surface area contributed by atoms with E-state index >= 15 is 0 Å². The van der Waals surface area contributed by atoms with Gasteiger partial charge < -0.3 is 5.32 Å². The molecule has 15 heavy (non-hydrogen) atoms. The summed E-state index contributed by atoms with van der Waals surface area (Å²) in [5.74, 6) is 0. The number of hydrogen-bond acceptors (Lipinski definition) is 2. The summed E-state index contributed by atoms with van der Waals surface area (Å²) >= 11 is 0. The number of benzene rings is 1. The molecule has 3 heteroatoms. The van der Waals surface area contributed by atoms with Crippen LogP contribution in [0.2, 0.25) is 0 Å². The number of anilines is 1. The van der Waals surface area contributed by atoms with E-state index in [4.69, 9.17) is 0 Å². The lowest BCUT2D eigenvalue weighted by Gasteiger charge is -2.13. The number of aromatic nitrogens is 2. The second-order valence-corrected chi connectivity index (χ2v) is 3.82. The van der Waals surface area contributed by atoms with E-state index in [1.54, 1.807) is 0 Å². The average molecular weight is 199 g/mol. The normalized spacial score (nSPS) is 14.4. The molecule has 1 aromatic heterocycles. The van der Waals surface area contributed by atoms with Gasteiger partial charge in [0.1, 0.15) is 5.69 Å². The third-order valence-electron chi connectivity index (χ3n) is 2.79. The monoisotopic (exact) mass is 199 g/mol. The van der Waals surface area contributed by atoms with Crippen molar-refractivity contribution >= 4 is 5.69 Å². The van der Waals surface area contributed by atoms with E-state index in [9.17, 15) is 0 Å². The highest BCUT2D eigenvalue weighted by Gasteiger charge is 2.16. The van der Waals surface area contributed by atoms with Gasteiger partial charge in [-0.1, -0.05) is 30.3 Å². The zero-order chi connectivity index (χ0) is 10.1. The fraction of sp³-hybridized carbons (Fsp3) is 0.250. The Balaban J connectivity index is 2.09. The van der Waals surface area contributed by atoms with Gasteiger partial charge >= 0.3 is 0 Å². The Morgan fingerprint density at radius 2 is 2.00 bits per heavy atom. The van der Waals surface area contributed by atoms with E-state index in [2.05, 4.69) is 27.6 Å². The molecule has 1 aliphatic heterocycles. The molecule has 0 unspecified atom stereocenters. The first-order valence-corrected chi connectivity index (χ1v) is 5.32. The maximum absolute atomic E-state index is 4.38. The molecule has 0 saturated heterocycles. The van der Waals surface area contributed by atoms with Crippen molar-refractivity contribution in [2.75, 3.05) is 11.9 Å². The van der Waals surface area contributed by atoms with Crippen LogP contribution in [0.15, 0.2) is 30.3 Å². The first-order valence-electron chi connectivity index (χ1n) is 5.32. The molecule has 0 fully saturated rings. The molecule has 0 amide bonds. The average Bonchev–Trinajstić information content (AvgIpc) is 2.74. The minimum atomic E-state index is 1.05. The highest BCUT2D eigenvalue weighted by Crippen LogP contribution is 2.31. The largest absolute Gasteiger partial charge is 0.382 e. The van der Waals surface area contributed by atoms with Crippen LogP contribution >= 0.6 is 0 Å². The Hall–Kier alpha value is -1.77. The molecular weight excluding hydrogens is 186 g/mol. The topological polar surface area (TPSA) is 40.7 Å². The van der Waals surface area contributed by atoms with Gasteiger partial charge in [0.2, 0.25) is 0 Å². The van der Waals surface area contributed by atoms with Crippen LogP contribution in [-0.2, 0) is 6.42 Å². The summed E-state index contributed by atoms with van der Waals surface area (Å²) in [4.78, 5) is 0. The van der Waals surface area contributed by atoms with Gasteiger partial charge in [-0.25, -0.2) is 0 Å². The quantitative estimate of drug-likeness (QED) is 0.740. The highest BCUT2D eigenvalue weighted by molar-refractivity contribution is 5.76. The molecule has 2 aromatic rings. The molecule has 0 spiro atoms. The van der Waals surface area contributed by atoms with Gasteiger partial charge in [0.05, 0.1) is 11.4 Å². The maximum atomic E-state index is 4.38. The summed E-state index contributed by atoms with van der Waals surface area (Å²) < 4.78 is 0. The number of H-pyrrole nitrogens is 1. The smallest absolute Gasteiger partial charge is 0.115 e. The van der Waals surface area contributed by atoms with Crippen LogP contribution in [0, 0.1) is 0 Å². The number of aromatic amines is 1. The molecule has 0 aliphatic carbocycles. The number of aryl methyl sites for hydroxylation is 1. The van der Waals surface area contributed by atoms with E-state index in [-0.39, 0.29) is 0 Å². The fourth-order valence-corrected chi connectivity index (χ4v) is 2.03. The van der Waals surface area contributed by atoms with Gasteiger partial charge in [-0.2, -0.15) is 5.10 Å². The SMILES string of the molecule is c1ccc(-c2n[nH]c3c2NCCC3)cc1. The van der Waals surface area contributed by atoms with Crippen LogP contribution in [-0.4, -0.2) is 16.7 Å².